The standard InChI is InChI=1S/C12H17FN2O5S.ClH/c1-14-5-6-15-21(17,18)8-20-11-4-3-9(13)7-10(11)12(16)19-2;/h3-4,7,14-15H,5-6,8H2,1-2H3;1H. The van der Waals surface area contributed by atoms with E-state index in [9.17, 15) is 17.6 Å². The Bertz CT molecular complexity index is 597. The predicted molar refractivity (Wildman–Crippen MR) is 81.3 cm³/mol. The molecular weight excluding hydrogens is 339 g/mol. The highest BCUT2D eigenvalue weighted by molar-refractivity contribution is 7.89. The van der Waals surface area contributed by atoms with Crippen LogP contribution in [0.15, 0.2) is 18.2 Å². The molecule has 0 saturated heterocycles. The first-order valence-electron chi connectivity index (χ1n) is 6.02. The number of carbonyl (C=O) groups excluding carboxylic acids is 1. The van der Waals surface area contributed by atoms with Crippen molar-refractivity contribution >= 4 is 28.4 Å². The summed E-state index contributed by atoms with van der Waals surface area (Å²) in [5.74, 6) is -2.23. The molecule has 1 aromatic carbocycles. The van der Waals surface area contributed by atoms with E-state index in [0.717, 1.165) is 19.2 Å². The van der Waals surface area contributed by atoms with Gasteiger partial charge in [-0.2, -0.15) is 0 Å². The Morgan fingerprint density at radius 1 is 1.32 bits per heavy atom. The molecule has 0 heterocycles. The van der Waals surface area contributed by atoms with Crippen molar-refractivity contribution in [2.24, 2.45) is 0 Å². The Balaban J connectivity index is 0.00000441. The summed E-state index contributed by atoms with van der Waals surface area (Å²) in [6.07, 6.45) is 0. The fourth-order valence-electron chi connectivity index (χ4n) is 1.41. The van der Waals surface area contributed by atoms with E-state index in [-0.39, 0.29) is 30.3 Å². The van der Waals surface area contributed by atoms with Gasteiger partial charge < -0.3 is 14.8 Å². The van der Waals surface area contributed by atoms with Gasteiger partial charge in [0.1, 0.15) is 17.1 Å². The minimum Gasteiger partial charge on any atom is -0.475 e. The highest BCUT2D eigenvalue weighted by atomic mass is 35.5. The van der Waals surface area contributed by atoms with E-state index in [1.54, 1.807) is 7.05 Å². The lowest BCUT2D eigenvalue weighted by Gasteiger charge is -2.11. The van der Waals surface area contributed by atoms with Crippen LogP contribution in [0.4, 0.5) is 4.39 Å². The number of likely N-dealkylation sites (N-methyl/N-ethyl adjacent to an activating group) is 1. The fraction of sp³-hybridized carbons (Fsp3) is 0.417. The van der Waals surface area contributed by atoms with Gasteiger partial charge in [0.25, 0.3) is 0 Å². The van der Waals surface area contributed by atoms with Crippen molar-refractivity contribution in [3.63, 3.8) is 0 Å². The van der Waals surface area contributed by atoms with Crippen LogP contribution in [-0.4, -0.2) is 47.6 Å². The molecule has 0 atom stereocenters. The summed E-state index contributed by atoms with van der Waals surface area (Å²) < 4.78 is 48.3. The van der Waals surface area contributed by atoms with Gasteiger partial charge in [-0.1, -0.05) is 0 Å². The van der Waals surface area contributed by atoms with Crippen molar-refractivity contribution in [2.75, 3.05) is 33.2 Å². The van der Waals surface area contributed by atoms with Crippen molar-refractivity contribution in [1.29, 1.82) is 0 Å². The number of carbonyl (C=O) groups is 1. The second kappa shape index (κ2) is 9.57. The second-order valence-electron chi connectivity index (χ2n) is 4.01. The zero-order valence-corrected chi connectivity index (χ0v) is 13.7. The maximum Gasteiger partial charge on any atom is 0.341 e. The monoisotopic (exact) mass is 356 g/mol. The summed E-state index contributed by atoms with van der Waals surface area (Å²) in [7, 11) is -0.851. The summed E-state index contributed by atoms with van der Waals surface area (Å²) in [5.41, 5.74) is -0.178. The van der Waals surface area contributed by atoms with E-state index in [0.29, 0.717) is 6.54 Å². The zero-order valence-electron chi connectivity index (χ0n) is 12.1. The number of halogens is 2. The molecule has 22 heavy (non-hydrogen) atoms. The smallest absolute Gasteiger partial charge is 0.341 e. The molecule has 7 nitrogen and oxygen atoms in total. The SMILES string of the molecule is CNCCNS(=O)(=O)COc1ccc(F)cc1C(=O)OC.Cl. The van der Waals surface area contributed by atoms with Crippen LogP contribution in [0, 0.1) is 5.82 Å². The van der Waals surface area contributed by atoms with Gasteiger partial charge in [-0.3, -0.25) is 0 Å². The Labute approximate surface area is 134 Å². The molecule has 126 valence electrons. The lowest BCUT2D eigenvalue weighted by molar-refractivity contribution is 0.0596. The summed E-state index contributed by atoms with van der Waals surface area (Å²) >= 11 is 0. The number of hydrogen-bond donors (Lipinski definition) is 2. The van der Waals surface area contributed by atoms with Crippen LogP contribution in [-0.2, 0) is 14.8 Å². The number of benzene rings is 1. The molecule has 1 aromatic rings. The van der Waals surface area contributed by atoms with Gasteiger partial charge in [-0.15, -0.1) is 12.4 Å². The summed E-state index contributed by atoms with van der Waals surface area (Å²) in [5, 5.41) is 2.78. The van der Waals surface area contributed by atoms with Crippen molar-refractivity contribution in [3.8, 4) is 5.75 Å². The average Bonchev–Trinajstić information content (AvgIpc) is 2.45. The van der Waals surface area contributed by atoms with E-state index in [4.69, 9.17) is 4.74 Å². The van der Waals surface area contributed by atoms with E-state index in [2.05, 4.69) is 14.8 Å². The van der Waals surface area contributed by atoms with Gasteiger partial charge in [-0.05, 0) is 25.2 Å². The predicted octanol–water partition coefficient (Wildman–Crippen LogP) is 0.509. The first-order valence-corrected chi connectivity index (χ1v) is 7.67. The Kier molecular flexibility index (Phi) is 8.95. The van der Waals surface area contributed by atoms with Crippen LogP contribution in [0.25, 0.3) is 0 Å². The number of sulfonamides is 1. The highest BCUT2D eigenvalue weighted by Crippen LogP contribution is 2.20. The van der Waals surface area contributed by atoms with Crippen LogP contribution < -0.4 is 14.8 Å². The van der Waals surface area contributed by atoms with Gasteiger partial charge in [-0.25, -0.2) is 22.3 Å². The lowest BCUT2D eigenvalue weighted by Crippen LogP contribution is -2.33. The van der Waals surface area contributed by atoms with Crippen LogP contribution in [0.1, 0.15) is 10.4 Å². The molecule has 2 N–H and O–H groups in total. The Morgan fingerprint density at radius 2 is 2.00 bits per heavy atom. The molecule has 0 aromatic heterocycles. The number of nitrogens with one attached hydrogen (secondary N) is 2. The molecule has 0 amide bonds. The molecule has 10 heteroatoms. The van der Waals surface area contributed by atoms with E-state index in [1.165, 1.54) is 6.07 Å². The largest absolute Gasteiger partial charge is 0.475 e. The molecule has 0 saturated carbocycles. The normalized spacial score (nSPS) is 10.7. The van der Waals surface area contributed by atoms with E-state index in [1.807, 2.05) is 0 Å². The van der Waals surface area contributed by atoms with Gasteiger partial charge >= 0.3 is 5.97 Å². The number of ether oxygens (including phenoxy) is 2. The summed E-state index contributed by atoms with van der Waals surface area (Å²) in [4.78, 5) is 11.5. The van der Waals surface area contributed by atoms with Gasteiger partial charge in [0, 0.05) is 13.1 Å². The molecule has 1 rings (SSSR count). The average molecular weight is 357 g/mol. The third-order valence-electron chi connectivity index (χ3n) is 2.41. The van der Waals surface area contributed by atoms with Crippen LogP contribution in [0.3, 0.4) is 0 Å². The van der Waals surface area contributed by atoms with Crippen molar-refractivity contribution in [1.82, 2.24) is 10.0 Å². The maximum absolute atomic E-state index is 13.1. The highest BCUT2D eigenvalue weighted by Gasteiger charge is 2.17. The Morgan fingerprint density at radius 3 is 2.59 bits per heavy atom. The summed E-state index contributed by atoms with van der Waals surface area (Å²) in [6, 6.07) is 3.15. The quantitative estimate of drug-likeness (QED) is 0.520. The van der Waals surface area contributed by atoms with Crippen molar-refractivity contribution in [3.05, 3.63) is 29.6 Å². The van der Waals surface area contributed by atoms with E-state index < -0.39 is 27.7 Å². The van der Waals surface area contributed by atoms with Crippen LogP contribution in [0.2, 0.25) is 0 Å². The second-order valence-corrected chi connectivity index (χ2v) is 5.76. The minimum absolute atomic E-state index is 0. The fourth-order valence-corrected chi connectivity index (χ4v) is 2.19. The van der Waals surface area contributed by atoms with Gasteiger partial charge in [0.05, 0.1) is 7.11 Å². The van der Waals surface area contributed by atoms with Gasteiger partial charge in [0.15, 0.2) is 0 Å². The van der Waals surface area contributed by atoms with Gasteiger partial charge in [0.2, 0.25) is 16.0 Å². The topological polar surface area (TPSA) is 93.7 Å². The molecule has 0 unspecified atom stereocenters. The van der Waals surface area contributed by atoms with E-state index >= 15 is 0 Å². The third kappa shape index (κ3) is 6.56. The van der Waals surface area contributed by atoms with Crippen LogP contribution >= 0.6 is 12.4 Å². The van der Waals surface area contributed by atoms with Crippen LogP contribution in [0.5, 0.6) is 5.75 Å². The molecule has 0 aliphatic heterocycles. The Hall–Kier alpha value is -1.42. The molecule has 0 radical (unpaired) electrons. The molecule has 0 aliphatic carbocycles. The third-order valence-corrected chi connectivity index (χ3v) is 3.49. The lowest BCUT2D eigenvalue weighted by atomic mass is 10.2. The molecule has 0 aliphatic rings. The van der Waals surface area contributed by atoms with Crippen molar-refractivity contribution < 1.29 is 27.1 Å². The number of hydrogen-bond acceptors (Lipinski definition) is 6. The molecule has 0 fully saturated rings. The summed E-state index contributed by atoms with van der Waals surface area (Å²) in [6.45, 7) is 0.665. The first-order chi connectivity index (χ1) is 9.89. The molecule has 0 bridgehead atoms. The number of methoxy groups -OCH3 is 1. The number of esters is 1. The number of rotatable bonds is 8. The van der Waals surface area contributed by atoms with Crippen molar-refractivity contribution in [2.45, 2.75) is 0 Å². The first kappa shape index (κ1) is 20.6. The minimum atomic E-state index is -3.67. The molecular formula is C12H18ClFN2O5S. The zero-order chi connectivity index (χ0) is 15.9. The maximum atomic E-state index is 13.1. The molecule has 0 spiro atoms.